The fourth-order valence-corrected chi connectivity index (χ4v) is 2.48. The van der Waals surface area contributed by atoms with Crippen LogP contribution in [0, 0.1) is 5.41 Å². The fraction of sp³-hybridized carbons (Fsp3) is 0.278. The molecule has 0 bridgehead atoms. The van der Waals surface area contributed by atoms with Crippen molar-refractivity contribution >= 4 is 17.0 Å². The van der Waals surface area contributed by atoms with Crippen molar-refractivity contribution in [2.45, 2.75) is 27.2 Å². The van der Waals surface area contributed by atoms with Crippen LogP contribution >= 0.6 is 0 Å². The molecule has 0 saturated heterocycles. The third kappa shape index (κ3) is 3.08. The zero-order chi connectivity index (χ0) is 17.3. The number of carbonyl (C=O) groups excluding carboxylic acids is 1. The number of benzene rings is 1. The van der Waals surface area contributed by atoms with Gasteiger partial charge in [-0.05, 0) is 29.7 Å². The molecule has 0 N–H and O–H groups in total. The Labute approximate surface area is 139 Å². The van der Waals surface area contributed by atoms with Crippen molar-refractivity contribution < 1.29 is 9.63 Å². The summed E-state index contributed by atoms with van der Waals surface area (Å²) in [5, 5.41) is 0. The Morgan fingerprint density at radius 3 is 2.38 bits per heavy atom. The summed E-state index contributed by atoms with van der Waals surface area (Å²) in [6, 6.07) is 12.4. The summed E-state index contributed by atoms with van der Waals surface area (Å²) in [6.07, 6.45) is 1.82. The number of hydrogen-bond donors (Lipinski definition) is 0. The van der Waals surface area contributed by atoms with E-state index >= 15 is 0 Å². The van der Waals surface area contributed by atoms with Gasteiger partial charge in [-0.3, -0.25) is 0 Å². The number of para-hydroxylation sites is 2. The van der Waals surface area contributed by atoms with E-state index in [0.29, 0.717) is 16.9 Å². The van der Waals surface area contributed by atoms with Crippen molar-refractivity contribution in [1.82, 2.24) is 14.3 Å². The quantitative estimate of drug-likeness (QED) is 0.742. The molecule has 3 aromatic rings. The number of carbonyl (C=O) groups is 1. The molecule has 0 spiro atoms. The van der Waals surface area contributed by atoms with E-state index in [4.69, 9.17) is 4.84 Å². The maximum atomic E-state index is 12.8. The van der Waals surface area contributed by atoms with Crippen molar-refractivity contribution in [3.05, 3.63) is 59.1 Å². The molecule has 0 aliphatic rings. The predicted octanol–water partition coefficient (Wildman–Crippen LogP) is 2.58. The Kier molecular flexibility index (Phi) is 3.97. The molecule has 6 heteroatoms. The molecule has 24 heavy (non-hydrogen) atoms. The highest BCUT2D eigenvalue weighted by molar-refractivity contribution is 5.79. The highest BCUT2D eigenvalue weighted by Crippen LogP contribution is 2.19. The highest BCUT2D eigenvalue weighted by Gasteiger charge is 2.22. The van der Waals surface area contributed by atoms with E-state index < -0.39 is 11.7 Å². The third-order valence-corrected chi connectivity index (χ3v) is 3.45. The van der Waals surface area contributed by atoms with Crippen LogP contribution in [0.3, 0.4) is 0 Å². The van der Waals surface area contributed by atoms with Crippen molar-refractivity contribution in [2.75, 3.05) is 0 Å². The summed E-state index contributed by atoms with van der Waals surface area (Å²) in [5.41, 5.74) is 0.470. The lowest BCUT2D eigenvalue weighted by Gasteiger charge is -2.16. The molecule has 0 fully saturated rings. The van der Waals surface area contributed by atoms with E-state index in [1.165, 1.54) is 4.57 Å². The second kappa shape index (κ2) is 5.96. The second-order valence-electron chi connectivity index (χ2n) is 6.79. The largest absolute Gasteiger partial charge is 0.368 e. The first-order chi connectivity index (χ1) is 11.4. The molecule has 0 unspecified atom stereocenters. The molecule has 0 atom stereocenters. The van der Waals surface area contributed by atoms with Crippen LogP contribution in [0.2, 0.25) is 0 Å². The van der Waals surface area contributed by atoms with Crippen LogP contribution in [-0.2, 0) is 4.79 Å². The summed E-state index contributed by atoms with van der Waals surface area (Å²) in [5.74, 6) is 0.0258. The van der Waals surface area contributed by atoms with Gasteiger partial charge in [0, 0.05) is 6.20 Å². The minimum Gasteiger partial charge on any atom is -0.332 e. The van der Waals surface area contributed by atoms with E-state index in [1.807, 2.05) is 26.8 Å². The molecule has 0 radical (unpaired) electrons. The van der Waals surface area contributed by atoms with Crippen molar-refractivity contribution in [1.29, 1.82) is 0 Å². The SMILES string of the molecule is CC(C)(C)CC(=O)On1c(=O)n(-c2ccccn2)c2ccccc21. The van der Waals surface area contributed by atoms with Crippen molar-refractivity contribution in [2.24, 2.45) is 5.41 Å². The van der Waals surface area contributed by atoms with Gasteiger partial charge in [0.1, 0.15) is 11.3 Å². The zero-order valence-electron chi connectivity index (χ0n) is 13.9. The molecule has 2 aromatic heterocycles. The molecule has 0 amide bonds. The maximum absolute atomic E-state index is 12.8. The van der Waals surface area contributed by atoms with Crippen LogP contribution in [0.1, 0.15) is 27.2 Å². The first kappa shape index (κ1) is 16.0. The van der Waals surface area contributed by atoms with Gasteiger partial charge in [-0.1, -0.05) is 39.0 Å². The highest BCUT2D eigenvalue weighted by atomic mass is 16.7. The molecule has 1 aromatic carbocycles. The van der Waals surface area contributed by atoms with Crippen LogP contribution in [0.15, 0.2) is 53.5 Å². The lowest BCUT2D eigenvalue weighted by atomic mass is 9.93. The molecule has 0 aliphatic carbocycles. The monoisotopic (exact) mass is 325 g/mol. The van der Waals surface area contributed by atoms with Crippen molar-refractivity contribution in [3.8, 4) is 5.82 Å². The van der Waals surface area contributed by atoms with Gasteiger partial charge in [0.05, 0.1) is 11.9 Å². The zero-order valence-corrected chi connectivity index (χ0v) is 13.9. The van der Waals surface area contributed by atoms with Gasteiger partial charge in [-0.15, -0.1) is 4.73 Å². The van der Waals surface area contributed by atoms with Gasteiger partial charge in [0.25, 0.3) is 0 Å². The smallest absolute Gasteiger partial charge is 0.332 e. The van der Waals surface area contributed by atoms with Gasteiger partial charge in [-0.25, -0.2) is 19.1 Å². The van der Waals surface area contributed by atoms with Crippen LogP contribution in [-0.4, -0.2) is 20.3 Å². The van der Waals surface area contributed by atoms with E-state index in [2.05, 4.69) is 4.98 Å². The Hall–Kier alpha value is -2.89. The van der Waals surface area contributed by atoms with Gasteiger partial charge in [0.15, 0.2) is 0 Å². The van der Waals surface area contributed by atoms with Crippen molar-refractivity contribution in [3.63, 3.8) is 0 Å². The standard InChI is InChI=1S/C18H19N3O3/c1-18(2,3)12-16(22)24-21-14-9-5-4-8-13(14)20(17(21)23)15-10-6-7-11-19-15/h4-11H,12H2,1-3H3. The number of fused-ring (bicyclic) bond motifs is 1. The van der Waals surface area contributed by atoms with Gasteiger partial charge in [-0.2, -0.15) is 0 Å². The summed E-state index contributed by atoms with van der Waals surface area (Å²) in [4.78, 5) is 34.5. The number of nitrogens with zero attached hydrogens (tertiary/aromatic N) is 3. The van der Waals surface area contributed by atoms with E-state index in [-0.39, 0.29) is 11.8 Å². The minimum atomic E-state index is -0.461. The summed E-state index contributed by atoms with van der Waals surface area (Å²) >= 11 is 0. The third-order valence-electron chi connectivity index (χ3n) is 3.45. The summed E-state index contributed by atoms with van der Waals surface area (Å²) in [7, 11) is 0. The van der Waals surface area contributed by atoms with Crippen LogP contribution in [0.25, 0.3) is 16.9 Å². The maximum Gasteiger partial charge on any atom is 0.368 e. The topological polar surface area (TPSA) is 66.1 Å². The molecule has 0 saturated carbocycles. The second-order valence-corrected chi connectivity index (χ2v) is 6.79. The first-order valence-electron chi connectivity index (χ1n) is 7.72. The Morgan fingerprint density at radius 2 is 1.75 bits per heavy atom. The lowest BCUT2D eigenvalue weighted by Crippen LogP contribution is -2.33. The number of hydrogen-bond acceptors (Lipinski definition) is 4. The van der Waals surface area contributed by atoms with Crippen LogP contribution in [0.4, 0.5) is 0 Å². The Bertz CT molecular complexity index is 934. The molecule has 2 heterocycles. The van der Waals surface area contributed by atoms with Crippen LogP contribution in [0.5, 0.6) is 0 Å². The number of imidazole rings is 1. The lowest BCUT2D eigenvalue weighted by molar-refractivity contribution is -0.146. The predicted molar refractivity (Wildman–Crippen MR) is 91.0 cm³/mol. The number of rotatable bonds is 3. The number of aromatic nitrogens is 3. The van der Waals surface area contributed by atoms with E-state index in [1.54, 1.807) is 42.6 Å². The van der Waals surface area contributed by atoms with Gasteiger partial charge >= 0.3 is 11.7 Å². The molecule has 124 valence electrons. The molecule has 0 aliphatic heterocycles. The number of pyridine rings is 1. The molecular weight excluding hydrogens is 306 g/mol. The first-order valence-corrected chi connectivity index (χ1v) is 7.72. The summed E-state index contributed by atoms with van der Waals surface area (Å²) in [6.45, 7) is 5.82. The minimum absolute atomic E-state index is 0.211. The average Bonchev–Trinajstić information content (AvgIpc) is 2.79. The average molecular weight is 325 g/mol. The summed E-state index contributed by atoms with van der Waals surface area (Å²) < 4.78 is 2.47. The Morgan fingerprint density at radius 1 is 1.08 bits per heavy atom. The van der Waals surface area contributed by atoms with E-state index in [9.17, 15) is 9.59 Å². The van der Waals surface area contributed by atoms with Gasteiger partial charge < -0.3 is 4.84 Å². The normalized spacial score (nSPS) is 11.6. The van der Waals surface area contributed by atoms with Gasteiger partial charge in [0.2, 0.25) is 0 Å². The Balaban J connectivity index is 2.11. The fourth-order valence-electron chi connectivity index (χ4n) is 2.48. The van der Waals surface area contributed by atoms with Crippen LogP contribution < -0.4 is 10.5 Å². The molecular formula is C18H19N3O3. The molecule has 6 nitrogen and oxygen atoms in total. The molecule has 3 rings (SSSR count). The van der Waals surface area contributed by atoms with E-state index in [0.717, 1.165) is 4.73 Å².